The van der Waals surface area contributed by atoms with E-state index in [0.29, 0.717) is 6.07 Å². The lowest BCUT2D eigenvalue weighted by Gasteiger charge is -2.34. The molecule has 0 bridgehead atoms. The number of carbonyl (C=O) groups is 1. The monoisotopic (exact) mass is 342 g/mol. The van der Waals surface area contributed by atoms with E-state index in [1.54, 1.807) is 6.92 Å². The lowest BCUT2D eigenvalue weighted by atomic mass is 9.90. The van der Waals surface area contributed by atoms with Gasteiger partial charge in [0.15, 0.2) is 0 Å². The van der Waals surface area contributed by atoms with Crippen LogP contribution in [0.3, 0.4) is 0 Å². The third-order valence-electron chi connectivity index (χ3n) is 3.42. The number of primary amides is 1. The van der Waals surface area contributed by atoms with Gasteiger partial charge in [-0.2, -0.15) is 5.10 Å². The lowest BCUT2D eigenvalue weighted by Crippen LogP contribution is -2.41. The first-order valence-electron chi connectivity index (χ1n) is 6.73. The van der Waals surface area contributed by atoms with Crippen LogP contribution in [0.1, 0.15) is 12.5 Å². The molecule has 0 unspecified atom stereocenters. The zero-order chi connectivity index (χ0) is 17.0. The van der Waals surface area contributed by atoms with Crippen LogP contribution in [0.4, 0.5) is 8.78 Å². The van der Waals surface area contributed by atoms with Gasteiger partial charge in [0.25, 0.3) is 0 Å². The largest absolute Gasteiger partial charge is 0.382 e. The van der Waals surface area contributed by atoms with Crippen LogP contribution >= 0.6 is 11.8 Å². The molecule has 23 heavy (non-hydrogen) atoms. The predicted octanol–water partition coefficient (Wildman–Crippen LogP) is 1.05. The maximum Gasteiger partial charge on any atom is 0.227 e. The number of rotatable bonds is 7. The van der Waals surface area contributed by atoms with E-state index in [4.69, 9.17) is 5.73 Å². The van der Waals surface area contributed by atoms with Crippen LogP contribution in [0.25, 0.3) is 0 Å². The van der Waals surface area contributed by atoms with Gasteiger partial charge < -0.3 is 10.8 Å². The number of amides is 1. The second-order valence-corrected chi connectivity index (χ2v) is 6.39. The summed E-state index contributed by atoms with van der Waals surface area (Å²) in [4.78, 5) is 14.7. The highest BCUT2D eigenvalue weighted by molar-refractivity contribution is 8.00. The number of aliphatic hydroxyl groups is 1. The van der Waals surface area contributed by atoms with Crippen molar-refractivity contribution >= 4 is 17.7 Å². The molecule has 3 N–H and O–H groups in total. The highest BCUT2D eigenvalue weighted by Crippen LogP contribution is 2.36. The zero-order valence-corrected chi connectivity index (χ0v) is 13.1. The Bertz CT molecular complexity index is 683. The summed E-state index contributed by atoms with van der Waals surface area (Å²) in [5.41, 5.74) is 3.30. The summed E-state index contributed by atoms with van der Waals surface area (Å²) in [6.07, 6.45) is 2.65. The van der Waals surface area contributed by atoms with Crippen molar-refractivity contribution in [3.8, 4) is 0 Å². The molecule has 2 aromatic rings. The average Bonchev–Trinajstić information content (AvgIpc) is 2.97. The molecule has 1 amide bonds. The van der Waals surface area contributed by atoms with E-state index in [1.807, 2.05) is 0 Å². The van der Waals surface area contributed by atoms with Gasteiger partial charge in [0, 0.05) is 16.9 Å². The molecule has 9 heteroatoms. The molecule has 0 saturated heterocycles. The van der Waals surface area contributed by atoms with Gasteiger partial charge in [-0.3, -0.25) is 4.79 Å². The summed E-state index contributed by atoms with van der Waals surface area (Å²) in [6, 6.07) is 2.95. The molecule has 0 radical (unpaired) electrons. The fraction of sp³-hybridized carbons (Fsp3) is 0.357. The summed E-state index contributed by atoms with van der Waals surface area (Å²) in [5, 5.41) is 14.4. The Morgan fingerprint density at radius 1 is 1.52 bits per heavy atom. The minimum absolute atomic E-state index is 0.0380. The molecule has 0 spiro atoms. The van der Waals surface area contributed by atoms with Gasteiger partial charge in [-0.05, 0) is 6.07 Å². The quantitative estimate of drug-likeness (QED) is 0.784. The maximum absolute atomic E-state index is 14.2. The molecular formula is C14H16F2N4O2S. The van der Waals surface area contributed by atoms with Crippen molar-refractivity contribution in [1.29, 1.82) is 0 Å². The fourth-order valence-corrected chi connectivity index (χ4v) is 3.07. The summed E-state index contributed by atoms with van der Waals surface area (Å²) in [7, 11) is 0. The van der Waals surface area contributed by atoms with Crippen molar-refractivity contribution in [2.45, 2.75) is 24.3 Å². The van der Waals surface area contributed by atoms with Gasteiger partial charge in [-0.1, -0.05) is 13.0 Å². The highest BCUT2D eigenvalue weighted by atomic mass is 32.2. The smallest absolute Gasteiger partial charge is 0.227 e. The van der Waals surface area contributed by atoms with Crippen molar-refractivity contribution in [3.63, 3.8) is 0 Å². The molecule has 124 valence electrons. The topological polar surface area (TPSA) is 94.0 Å². The first-order valence-corrected chi connectivity index (χ1v) is 7.78. The van der Waals surface area contributed by atoms with Gasteiger partial charge in [0.2, 0.25) is 5.91 Å². The van der Waals surface area contributed by atoms with Crippen LogP contribution in [-0.2, 0) is 16.9 Å². The standard InChI is InChI=1S/C14H16F2N4O2S/c1-9(23-5-13(17)21)14(22,6-20-8-18-7-19-20)11-3-2-10(15)4-12(11)16/h2-4,7-9,22H,5-6H2,1H3,(H2,17,21)/t9-,14-/m1/s1. The Morgan fingerprint density at radius 2 is 2.26 bits per heavy atom. The number of aromatic nitrogens is 3. The molecule has 0 fully saturated rings. The highest BCUT2D eigenvalue weighted by Gasteiger charge is 2.39. The number of carbonyl (C=O) groups excluding carboxylic acids is 1. The maximum atomic E-state index is 14.2. The third kappa shape index (κ3) is 4.05. The number of benzene rings is 1. The number of hydrogen-bond donors (Lipinski definition) is 2. The molecule has 1 heterocycles. The lowest BCUT2D eigenvalue weighted by molar-refractivity contribution is -0.115. The SMILES string of the molecule is C[C@@H](SCC(N)=O)[C@](O)(Cn1cncn1)c1ccc(F)cc1F. The van der Waals surface area contributed by atoms with Crippen LogP contribution in [0.5, 0.6) is 0 Å². The number of nitrogens with zero attached hydrogens (tertiary/aromatic N) is 3. The van der Waals surface area contributed by atoms with Gasteiger partial charge in [0.1, 0.15) is 29.9 Å². The van der Waals surface area contributed by atoms with Gasteiger partial charge in [-0.25, -0.2) is 18.4 Å². The first-order chi connectivity index (χ1) is 10.8. The molecule has 0 saturated carbocycles. The van der Waals surface area contributed by atoms with Crippen molar-refractivity contribution in [3.05, 3.63) is 48.1 Å². The summed E-state index contributed by atoms with van der Waals surface area (Å²) >= 11 is 1.07. The summed E-state index contributed by atoms with van der Waals surface area (Å²) in [5.74, 6) is -2.21. The van der Waals surface area contributed by atoms with Crippen LogP contribution in [0.15, 0.2) is 30.9 Å². The molecule has 0 aliphatic rings. The third-order valence-corrected chi connectivity index (χ3v) is 4.76. The van der Waals surface area contributed by atoms with Crippen molar-refractivity contribution in [2.75, 3.05) is 5.75 Å². The van der Waals surface area contributed by atoms with Gasteiger partial charge in [0.05, 0.1) is 12.3 Å². The van der Waals surface area contributed by atoms with Gasteiger partial charge in [-0.15, -0.1) is 11.8 Å². The molecule has 2 atom stereocenters. The number of nitrogens with two attached hydrogens (primary N) is 1. The van der Waals surface area contributed by atoms with E-state index in [2.05, 4.69) is 10.1 Å². The van der Waals surface area contributed by atoms with Crippen molar-refractivity contribution in [1.82, 2.24) is 14.8 Å². The van der Waals surface area contributed by atoms with Crippen molar-refractivity contribution < 1.29 is 18.7 Å². The first kappa shape index (κ1) is 17.4. The Labute approximate surface area is 135 Å². The van der Waals surface area contributed by atoms with E-state index >= 15 is 0 Å². The number of thioether (sulfide) groups is 1. The summed E-state index contributed by atoms with van der Waals surface area (Å²) in [6.45, 7) is 1.52. The number of hydrogen-bond acceptors (Lipinski definition) is 5. The Balaban J connectivity index is 2.38. The molecule has 6 nitrogen and oxygen atoms in total. The minimum atomic E-state index is -1.73. The van der Waals surface area contributed by atoms with E-state index in [-0.39, 0.29) is 17.9 Å². The molecule has 1 aromatic heterocycles. The van der Waals surface area contributed by atoms with Crippen LogP contribution < -0.4 is 5.73 Å². The normalized spacial score (nSPS) is 15.1. The van der Waals surface area contributed by atoms with Gasteiger partial charge >= 0.3 is 0 Å². The Hall–Kier alpha value is -2.00. The molecular weight excluding hydrogens is 326 g/mol. The van der Waals surface area contributed by atoms with E-state index < -0.39 is 28.4 Å². The summed E-state index contributed by atoms with van der Waals surface area (Å²) < 4.78 is 28.7. The second kappa shape index (κ2) is 7.05. The minimum Gasteiger partial charge on any atom is -0.382 e. The zero-order valence-electron chi connectivity index (χ0n) is 12.3. The molecule has 2 rings (SSSR count). The Morgan fingerprint density at radius 3 is 2.83 bits per heavy atom. The van der Waals surface area contributed by atoms with Crippen LogP contribution in [0.2, 0.25) is 0 Å². The van der Waals surface area contributed by atoms with E-state index in [9.17, 15) is 18.7 Å². The van der Waals surface area contributed by atoms with E-state index in [0.717, 1.165) is 17.8 Å². The van der Waals surface area contributed by atoms with Crippen molar-refractivity contribution in [2.24, 2.45) is 5.73 Å². The molecule has 0 aliphatic heterocycles. The second-order valence-electron chi connectivity index (χ2n) is 5.06. The Kier molecular flexibility index (Phi) is 5.32. The number of halogens is 2. The van der Waals surface area contributed by atoms with Crippen LogP contribution in [0, 0.1) is 11.6 Å². The predicted molar refractivity (Wildman–Crippen MR) is 81.4 cm³/mol. The fourth-order valence-electron chi connectivity index (χ4n) is 2.18. The van der Waals surface area contributed by atoms with Crippen LogP contribution in [-0.4, -0.2) is 36.8 Å². The average molecular weight is 342 g/mol. The van der Waals surface area contributed by atoms with E-state index in [1.165, 1.54) is 23.4 Å². The molecule has 0 aliphatic carbocycles. The molecule has 1 aromatic carbocycles.